The molecule has 0 saturated carbocycles. The molecule has 2 atom stereocenters. The van der Waals surface area contributed by atoms with Gasteiger partial charge in [0.15, 0.2) is 9.84 Å². The van der Waals surface area contributed by atoms with Gasteiger partial charge in [0.25, 0.3) is 0 Å². The summed E-state index contributed by atoms with van der Waals surface area (Å²) in [4.78, 5) is 0.443. The Labute approximate surface area is 102 Å². The predicted molar refractivity (Wildman–Crippen MR) is 66.7 cm³/mol. The molecule has 0 saturated heterocycles. The SMILES string of the molecule is CCC(C)(CO)C1CS(=O)(=O)c2ccccc21. The number of fused-ring (bicyclic) bond motifs is 1. The van der Waals surface area contributed by atoms with Gasteiger partial charge in [-0.1, -0.05) is 32.0 Å². The highest BCUT2D eigenvalue weighted by Crippen LogP contribution is 2.46. The molecule has 1 aliphatic heterocycles. The van der Waals surface area contributed by atoms with Gasteiger partial charge in [0.2, 0.25) is 0 Å². The summed E-state index contributed by atoms with van der Waals surface area (Å²) in [6.07, 6.45) is 0.762. The number of aliphatic hydroxyl groups excluding tert-OH is 1. The van der Waals surface area contributed by atoms with Crippen LogP contribution in [-0.2, 0) is 9.84 Å². The van der Waals surface area contributed by atoms with Gasteiger partial charge in [0.1, 0.15) is 0 Å². The first-order valence-electron chi connectivity index (χ1n) is 5.87. The fraction of sp³-hybridized carbons (Fsp3) is 0.538. The molecule has 1 heterocycles. The minimum Gasteiger partial charge on any atom is -0.396 e. The van der Waals surface area contributed by atoms with Crippen LogP contribution in [0.3, 0.4) is 0 Å². The lowest BCUT2D eigenvalue weighted by atomic mass is 9.73. The Kier molecular flexibility index (Phi) is 3.04. The predicted octanol–water partition coefficient (Wildman–Crippen LogP) is 1.97. The monoisotopic (exact) mass is 254 g/mol. The molecule has 1 N–H and O–H groups in total. The Bertz CT molecular complexity index is 515. The number of aliphatic hydroxyl groups is 1. The third kappa shape index (κ3) is 1.89. The molecule has 2 rings (SSSR count). The molecule has 2 unspecified atom stereocenters. The Balaban J connectivity index is 2.56. The zero-order valence-corrected chi connectivity index (χ0v) is 11.0. The van der Waals surface area contributed by atoms with Crippen LogP contribution in [0, 0.1) is 5.41 Å². The molecule has 3 nitrogen and oxygen atoms in total. The topological polar surface area (TPSA) is 54.4 Å². The molecule has 17 heavy (non-hydrogen) atoms. The molecular weight excluding hydrogens is 236 g/mol. The van der Waals surface area contributed by atoms with Crippen molar-refractivity contribution in [2.24, 2.45) is 5.41 Å². The third-order valence-corrected chi connectivity index (χ3v) is 5.84. The normalized spacial score (nSPS) is 25.2. The van der Waals surface area contributed by atoms with Crippen LogP contribution >= 0.6 is 0 Å². The maximum atomic E-state index is 12.1. The summed E-state index contributed by atoms with van der Waals surface area (Å²) in [5.41, 5.74) is 0.505. The van der Waals surface area contributed by atoms with E-state index in [2.05, 4.69) is 0 Å². The highest BCUT2D eigenvalue weighted by molar-refractivity contribution is 7.91. The van der Waals surface area contributed by atoms with Gasteiger partial charge in [-0.2, -0.15) is 0 Å². The average Bonchev–Trinajstić information content (AvgIpc) is 2.62. The number of hydrogen-bond donors (Lipinski definition) is 1. The lowest BCUT2D eigenvalue weighted by Crippen LogP contribution is -2.30. The summed E-state index contributed by atoms with van der Waals surface area (Å²) in [6, 6.07) is 7.15. The van der Waals surface area contributed by atoms with Crippen molar-refractivity contribution in [1.29, 1.82) is 0 Å². The Morgan fingerprint density at radius 1 is 1.41 bits per heavy atom. The molecule has 1 aromatic carbocycles. The van der Waals surface area contributed by atoms with E-state index < -0.39 is 9.84 Å². The maximum absolute atomic E-state index is 12.1. The molecule has 0 fully saturated rings. The highest BCUT2D eigenvalue weighted by Gasteiger charge is 2.43. The van der Waals surface area contributed by atoms with Crippen LogP contribution in [-0.4, -0.2) is 25.9 Å². The fourth-order valence-electron chi connectivity index (χ4n) is 2.50. The molecule has 0 amide bonds. The third-order valence-electron chi connectivity index (χ3n) is 4.03. The van der Waals surface area contributed by atoms with Crippen molar-refractivity contribution in [1.82, 2.24) is 0 Å². The average molecular weight is 254 g/mol. The number of sulfone groups is 1. The number of rotatable bonds is 3. The largest absolute Gasteiger partial charge is 0.396 e. The van der Waals surface area contributed by atoms with E-state index in [1.165, 1.54) is 0 Å². The van der Waals surface area contributed by atoms with Gasteiger partial charge in [0.05, 0.1) is 10.6 Å². The zero-order chi connectivity index (χ0) is 12.7. The van der Waals surface area contributed by atoms with Crippen LogP contribution in [0.2, 0.25) is 0 Å². The van der Waals surface area contributed by atoms with Gasteiger partial charge < -0.3 is 5.11 Å². The molecule has 0 aliphatic carbocycles. The lowest BCUT2D eigenvalue weighted by molar-refractivity contribution is 0.115. The van der Waals surface area contributed by atoms with Gasteiger partial charge in [0, 0.05) is 12.5 Å². The minimum absolute atomic E-state index is 0.0119. The van der Waals surface area contributed by atoms with Crippen molar-refractivity contribution in [3.05, 3.63) is 29.8 Å². The lowest BCUT2D eigenvalue weighted by Gasteiger charge is -2.32. The second-order valence-electron chi connectivity index (χ2n) is 5.04. The van der Waals surface area contributed by atoms with E-state index in [0.29, 0.717) is 4.90 Å². The first kappa shape index (κ1) is 12.6. The van der Waals surface area contributed by atoms with Crippen LogP contribution in [0.5, 0.6) is 0 Å². The van der Waals surface area contributed by atoms with Crippen molar-refractivity contribution in [3.8, 4) is 0 Å². The maximum Gasteiger partial charge on any atom is 0.179 e. The summed E-state index contributed by atoms with van der Waals surface area (Å²) < 4.78 is 24.1. The molecule has 0 spiro atoms. The number of benzene rings is 1. The van der Waals surface area contributed by atoms with E-state index in [-0.39, 0.29) is 23.7 Å². The molecule has 94 valence electrons. The van der Waals surface area contributed by atoms with Crippen LogP contribution in [0.15, 0.2) is 29.2 Å². The van der Waals surface area contributed by atoms with Crippen molar-refractivity contribution in [2.45, 2.75) is 31.1 Å². The molecule has 0 radical (unpaired) electrons. The molecular formula is C13H18O3S. The summed E-state index contributed by atoms with van der Waals surface area (Å²) in [7, 11) is -3.17. The first-order chi connectivity index (χ1) is 7.94. The van der Waals surface area contributed by atoms with Crippen LogP contribution in [0.1, 0.15) is 31.7 Å². The standard InChI is InChI=1S/C13H18O3S/c1-3-13(2,9-14)11-8-17(15,16)12-7-5-4-6-10(11)12/h4-7,11,14H,3,8-9H2,1-2H3. The minimum atomic E-state index is -3.17. The second-order valence-corrected chi connectivity index (χ2v) is 7.04. The van der Waals surface area contributed by atoms with E-state index in [9.17, 15) is 13.5 Å². The summed E-state index contributed by atoms with van der Waals surface area (Å²) in [5.74, 6) is 0.0238. The van der Waals surface area contributed by atoms with Gasteiger partial charge >= 0.3 is 0 Å². The molecule has 0 aromatic heterocycles. The van der Waals surface area contributed by atoms with Gasteiger partial charge in [-0.15, -0.1) is 0 Å². The molecule has 1 aliphatic rings. The number of hydrogen-bond acceptors (Lipinski definition) is 3. The highest BCUT2D eigenvalue weighted by atomic mass is 32.2. The van der Waals surface area contributed by atoms with Crippen molar-refractivity contribution >= 4 is 9.84 Å². The van der Waals surface area contributed by atoms with Crippen molar-refractivity contribution in [2.75, 3.05) is 12.4 Å². The van der Waals surface area contributed by atoms with E-state index in [0.717, 1.165) is 12.0 Å². The van der Waals surface area contributed by atoms with Crippen LogP contribution in [0.25, 0.3) is 0 Å². The summed E-state index contributed by atoms with van der Waals surface area (Å²) in [5, 5.41) is 9.55. The van der Waals surface area contributed by atoms with E-state index in [4.69, 9.17) is 0 Å². The van der Waals surface area contributed by atoms with Crippen LogP contribution in [0.4, 0.5) is 0 Å². The Hall–Kier alpha value is -0.870. The van der Waals surface area contributed by atoms with E-state index >= 15 is 0 Å². The van der Waals surface area contributed by atoms with E-state index in [1.807, 2.05) is 26.0 Å². The van der Waals surface area contributed by atoms with Crippen molar-refractivity contribution < 1.29 is 13.5 Å². The van der Waals surface area contributed by atoms with Gasteiger partial charge in [-0.05, 0) is 23.5 Å². The zero-order valence-electron chi connectivity index (χ0n) is 10.2. The Morgan fingerprint density at radius 3 is 2.65 bits per heavy atom. The van der Waals surface area contributed by atoms with Crippen LogP contribution < -0.4 is 0 Å². The van der Waals surface area contributed by atoms with E-state index in [1.54, 1.807) is 12.1 Å². The van der Waals surface area contributed by atoms with Gasteiger partial charge in [-0.25, -0.2) is 8.42 Å². The first-order valence-corrected chi connectivity index (χ1v) is 7.52. The Morgan fingerprint density at radius 2 is 2.06 bits per heavy atom. The molecule has 1 aromatic rings. The quantitative estimate of drug-likeness (QED) is 0.897. The molecule has 0 bridgehead atoms. The summed E-state index contributed by atoms with van der Waals surface area (Å²) in [6.45, 7) is 3.96. The smallest absolute Gasteiger partial charge is 0.179 e. The molecule has 4 heteroatoms. The van der Waals surface area contributed by atoms with Crippen molar-refractivity contribution in [3.63, 3.8) is 0 Å². The second kappa shape index (κ2) is 4.10. The van der Waals surface area contributed by atoms with Gasteiger partial charge in [-0.3, -0.25) is 0 Å². The summed E-state index contributed by atoms with van der Waals surface area (Å²) >= 11 is 0. The fourth-order valence-corrected chi connectivity index (χ4v) is 4.55.